The van der Waals surface area contributed by atoms with Crippen molar-refractivity contribution >= 4 is 17.3 Å². The van der Waals surface area contributed by atoms with Gasteiger partial charge in [0.05, 0.1) is 17.3 Å². The van der Waals surface area contributed by atoms with Crippen LogP contribution in [0, 0.1) is 5.92 Å². The zero-order valence-electron chi connectivity index (χ0n) is 14.8. The van der Waals surface area contributed by atoms with E-state index in [1.807, 2.05) is 7.05 Å². The molecule has 0 aromatic carbocycles. The van der Waals surface area contributed by atoms with Gasteiger partial charge in [-0.1, -0.05) is 13.8 Å². The van der Waals surface area contributed by atoms with E-state index in [-0.39, 0.29) is 0 Å². The van der Waals surface area contributed by atoms with Crippen molar-refractivity contribution in [3.05, 3.63) is 16.1 Å². The Morgan fingerprint density at radius 3 is 2.91 bits per heavy atom. The second kappa shape index (κ2) is 9.23. The molecule has 0 aliphatic heterocycles. The molecule has 0 saturated heterocycles. The van der Waals surface area contributed by atoms with Crippen molar-refractivity contribution in [3.8, 4) is 0 Å². The van der Waals surface area contributed by atoms with E-state index in [9.17, 15) is 0 Å². The Labute approximate surface area is 144 Å². The highest BCUT2D eigenvalue weighted by Crippen LogP contribution is 2.28. The van der Waals surface area contributed by atoms with Gasteiger partial charge in [-0.3, -0.25) is 4.99 Å². The van der Waals surface area contributed by atoms with Crippen LogP contribution in [-0.4, -0.2) is 56.2 Å². The summed E-state index contributed by atoms with van der Waals surface area (Å²) in [7, 11) is 3.87. The topological polar surface area (TPSA) is 49.8 Å². The van der Waals surface area contributed by atoms with Gasteiger partial charge in [-0.15, -0.1) is 11.3 Å². The first-order valence-corrected chi connectivity index (χ1v) is 9.42. The molecule has 1 aromatic rings. The van der Waals surface area contributed by atoms with E-state index in [0.717, 1.165) is 50.3 Å². The lowest BCUT2D eigenvalue weighted by atomic mass is 10.2. The molecule has 0 spiro atoms. The highest BCUT2D eigenvalue weighted by atomic mass is 32.1. The quantitative estimate of drug-likeness (QED) is 0.427. The number of likely N-dealkylation sites (N-methyl/N-ethyl adjacent to an activating group) is 1. The molecule has 0 atom stereocenters. The second-order valence-electron chi connectivity index (χ2n) is 6.50. The van der Waals surface area contributed by atoms with Crippen LogP contribution in [0.5, 0.6) is 0 Å². The summed E-state index contributed by atoms with van der Waals surface area (Å²) in [5, 5.41) is 6.78. The van der Waals surface area contributed by atoms with Crippen LogP contribution < -0.4 is 5.32 Å². The molecule has 130 valence electrons. The van der Waals surface area contributed by atoms with Crippen LogP contribution in [0.15, 0.2) is 10.4 Å². The van der Waals surface area contributed by atoms with Crippen LogP contribution in [0.4, 0.5) is 0 Å². The Morgan fingerprint density at radius 2 is 2.30 bits per heavy atom. The largest absolute Gasteiger partial charge is 0.379 e. The van der Waals surface area contributed by atoms with Crippen molar-refractivity contribution in [2.75, 3.05) is 40.4 Å². The maximum atomic E-state index is 5.69. The third-order valence-corrected chi connectivity index (χ3v) is 5.12. The molecule has 1 aliphatic rings. The molecule has 2 rings (SSSR count). The molecule has 1 N–H and O–H groups in total. The van der Waals surface area contributed by atoms with Gasteiger partial charge in [-0.05, 0) is 18.8 Å². The first-order chi connectivity index (χ1) is 11.1. The summed E-state index contributed by atoms with van der Waals surface area (Å²) in [5.74, 6) is 2.25. The lowest BCUT2D eigenvalue weighted by Crippen LogP contribution is -2.41. The summed E-state index contributed by atoms with van der Waals surface area (Å²) in [6.07, 6.45) is 3.61. The smallest absolute Gasteiger partial charge is 0.193 e. The zero-order valence-corrected chi connectivity index (χ0v) is 15.7. The minimum atomic E-state index is 0.510. The average Bonchev–Trinajstić information content (AvgIpc) is 3.23. The zero-order chi connectivity index (χ0) is 16.7. The minimum Gasteiger partial charge on any atom is -0.379 e. The molecule has 1 aliphatic carbocycles. The standard InChI is InChI=1S/C17H30N4OS/c1-13(2)16-20-15(12-23-16)7-8-19-17(18-3)21(4)9-10-22-11-14-5-6-14/h12-14H,5-11H2,1-4H3,(H,18,19). The van der Waals surface area contributed by atoms with Gasteiger partial charge in [0.1, 0.15) is 0 Å². The number of ether oxygens (including phenoxy) is 1. The number of aliphatic imine (C=N–C) groups is 1. The molecule has 1 heterocycles. The maximum Gasteiger partial charge on any atom is 0.193 e. The highest BCUT2D eigenvalue weighted by Gasteiger charge is 2.21. The molecule has 0 unspecified atom stereocenters. The Balaban J connectivity index is 1.64. The first kappa shape index (κ1) is 18.2. The van der Waals surface area contributed by atoms with Crippen molar-refractivity contribution in [1.82, 2.24) is 15.2 Å². The monoisotopic (exact) mass is 338 g/mol. The molecule has 1 aromatic heterocycles. The molecule has 5 nitrogen and oxygen atoms in total. The number of aromatic nitrogens is 1. The van der Waals surface area contributed by atoms with Gasteiger partial charge in [-0.25, -0.2) is 4.98 Å². The van der Waals surface area contributed by atoms with E-state index in [2.05, 4.69) is 46.5 Å². The van der Waals surface area contributed by atoms with Crippen LogP contribution in [0.3, 0.4) is 0 Å². The number of nitrogens with zero attached hydrogens (tertiary/aromatic N) is 3. The van der Waals surface area contributed by atoms with Crippen LogP contribution in [0.25, 0.3) is 0 Å². The predicted octanol–water partition coefficient (Wildman–Crippen LogP) is 2.74. The number of guanidine groups is 1. The maximum absolute atomic E-state index is 5.69. The highest BCUT2D eigenvalue weighted by molar-refractivity contribution is 7.09. The van der Waals surface area contributed by atoms with Crippen LogP contribution in [0.2, 0.25) is 0 Å². The van der Waals surface area contributed by atoms with Gasteiger partial charge >= 0.3 is 0 Å². The van der Waals surface area contributed by atoms with Crippen molar-refractivity contribution in [1.29, 1.82) is 0 Å². The summed E-state index contributed by atoms with van der Waals surface area (Å²) in [6, 6.07) is 0. The van der Waals surface area contributed by atoms with E-state index in [1.165, 1.54) is 17.8 Å². The van der Waals surface area contributed by atoms with E-state index in [4.69, 9.17) is 4.74 Å². The van der Waals surface area contributed by atoms with E-state index in [0.29, 0.717) is 5.92 Å². The molecule has 0 amide bonds. The Hall–Kier alpha value is -1.14. The Kier molecular flexibility index (Phi) is 7.30. The predicted molar refractivity (Wildman–Crippen MR) is 97.4 cm³/mol. The van der Waals surface area contributed by atoms with Crippen LogP contribution in [0.1, 0.15) is 43.3 Å². The molecule has 23 heavy (non-hydrogen) atoms. The van der Waals surface area contributed by atoms with E-state index in [1.54, 1.807) is 11.3 Å². The molecule has 1 saturated carbocycles. The fourth-order valence-corrected chi connectivity index (χ4v) is 3.10. The molecule has 0 radical (unpaired) electrons. The number of nitrogens with one attached hydrogen (secondary N) is 1. The fourth-order valence-electron chi connectivity index (χ4n) is 2.23. The SMILES string of the molecule is CN=C(NCCc1csc(C(C)C)n1)N(C)CCOCC1CC1. The van der Waals surface area contributed by atoms with Gasteiger partial charge in [0.2, 0.25) is 0 Å². The molecule has 1 fully saturated rings. The van der Waals surface area contributed by atoms with Gasteiger partial charge in [0, 0.05) is 51.5 Å². The normalized spacial score (nSPS) is 15.3. The van der Waals surface area contributed by atoms with Crippen LogP contribution >= 0.6 is 11.3 Å². The van der Waals surface area contributed by atoms with Crippen molar-refractivity contribution in [2.24, 2.45) is 10.9 Å². The lowest BCUT2D eigenvalue weighted by Gasteiger charge is -2.21. The van der Waals surface area contributed by atoms with Gasteiger partial charge < -0.3 is 15.0 Å². The van der Waals surface area contributed by atoms with Gasteiger partial charge in [0.15, 0.2) is 5.96 Å². The summed E-state index contributed by atoms with van der Waals surface area (Å²) >= 11 is 1.75. The second-order valence-corrected chi connectivity index (χ2v) is 7.39. The Morgan fingerprint density at radius 1 is 1.52 bits per heavy atom. The molecule has 6 heteroatoms. The van der Waals surface area contributed by atoms with Crippen molar-refractivity contribution in [2.45, 2.75) is 39.0 Å². The summed E-state index contributed by atoms with van der Waals surface area (Å²) in [5.41, 5.74) is 1.16. The van der Waals surface area contributed by atoms with E-state index < -0.39 is 0 Å². The first-order valence-electron chi connectivity index (χ1n) is 8.54. The third kappa shape index (κ3) is 6.47. The summed E-state index contributed by atoms with van der Waals surface area (Å²) in [4.78, 5) is 11.1. The fraction of sp³-hybridized carbons (Fsp3) is 0.765. The number of hydrogen-bond donors (Lipinski definition) is 1. The Bertz CT molecular complexity index is 497. The van der Waals surface area contributed by atoms with Gasteiger partial charge in [0.25, 0.3) is 0 Å². The summed E-state index contributed by atoms with van der Waals surface area (Å²) < 4.78 is 5.69. The van der Waals surface area contributed by atoms with E-state index >= 15 is 0 Å². The molecular formula is C17H30N4OS. The van der Waals surface area contributed by atoms with Crippen LogP contribution in [-0.2, 0) is 11.2 Å². The van der Waals surface area contributed by atoms with Gasteiger partial charge in [-0.2, -0.15) is 0 Å². The van der Waals surface area contributed by atoms with Crippen molar-refractivity contribution < 1.29 is 4.74 Å². The number of hydrogen-bond acceptors (Lipinski definition) is 4. The minimum absolute atomic E-state index is 0.510. The summed E-state index contributed by atoms with van der Waals surface area (Å²) in [6.45, 7) is 7.76. The lowest BCUT2D eigenvalue weighted by molar-refractivity contribution is 0.115. The number of rotatable bonds is 9. The van der Waals surface area contributed by atoms with Crippen molar-refractivity contribution in [3.63, 3.8) is 0 Å². The molecule has 0 bridgehead atoms. The number of thiazole rings is 1. The molecular weight excluding hydrogens is 308 g/mol. The third-order valence-electron chi connectivity index (χ3n) is 3.92. The average molecular weight is 339 g/mol.